The van der Waals surface area contributed by atoms with Crippen molar-refractivity contribution in [2.24, 2.45) is 0 Å². The molecule has 10 heteroatoms. The monoisotopic (exact) mass is 401 g/mol. The number of nitrogens with zero attached hydrogens (tertiary/aromatic N) is 1. The van der Waals surface area contributed by atoms with Gasteiger partial charge in [0.25, 0.3) is 0 Å². The van der Waals surface area contributed by atoms with Gasteiger partial charge in [-0.05, 0) is 33.6 Å². The van der Waals surface area contributed by atoms with Gasteiger partial charge in [0.05, 0.1) is 6.54 Å². The van der Waals surface area contributed by atoms with Crippen LogP contribution in [0.2, 0.25) is 6.04 Å². The largest absolute Gasteiger partial charge is 0.500 e. The molecule has 0 bridgehead atoms. The summed E-state index contributed by atoms with van der Waals surface area (Å²) in [6, 6.07) is 0.707. The summed E-state index contributed by atoms with van der Waals surface area (Å²) in [6.45, 7) is 6.30. The number of anilines is 1. The molecule has 0 amide bonds. The quantitative estimate of drug-likeness (QED) is 0.126. The van der Waals surface area contributed by atoms with Crippen molar-refractivity contribution in [2.45, 2.75) is 39.7 Å². The van der Waals surface area contributed by atoms with Gasteiger partial charge in [-0.3, -0.25) is 0 Å². The van der Waals surface area contributed by atoms with Crippen LogP contribution in [0.15, 0.2) is 6.07 Å². The minimum Gasteiger partial charge on any atom is -0.374 e. The maximum Gasteiger partial charge on any atom is 0.500 e. The van der Waals surface area contributed by atoms with Gasteiger partial charge in [-0.2, -0.15) is 0 Å². The lowest BCUT2D eigenvalue weighted by atomic mass is 10.2. The molecule has 0 fully saturated rings. The SMILES string of the molecule is CCO[Si](CCCCN(F)c1cc(F)c(F)c(F)c1F)(OCC)OCC. The summed E-state index contributed by atoms with van der Waals surface area (Å²) >= 11 is 0. The van der Waals surface area contributed by atoms with Crippen molar-refractivity contribution in [1.82, 2.24) is 0 Å². The summed E-state index contributed by atoms with van der Waals surface area (Å²) in [5.41, 5.74) is -0.982. The van der Waals surface area contributed by atoms with Crippen molar-refractivity contribution < 1.29 is 35.3 Å². The number of halogens is 5. The second kappa shape index (κ2) is 10.8. The Morgan fingerprint density at radius 2 is 1.38 bits per heavy atom. The summed E-state index contributed by atoms with van der Waals surface area (Å²) < 4.78 is 83.8. The summed E-state index contributed by atoms with van der Waals surface area (Å²) in [7, 11) is -2.87. The van der Waals surface area contributed by atoms with E-state index < -0.39 is 37.8 Å². The van der Waals surface area contributed by atoms with E-state index in [4.69, 9.17) is 13.3 Å². The molecule has 1 rings (SSSR count). The van der Waals surface area contributed by atoms with E-state index in [9.17, 15) is 22.0 Å². The Bertz CT molecular complexity index is 562. The Balaban J connectivity index is 2.66. The average Bonchev–Trinajstić information content (AvgIpc) is 2.60. The van der Waals surface area contributed by atoms with Gasteiger partial charge in [0.1, 0.15) is 5.69 Å². The zero-order valence-electron chi connectivity index (χ0n) is 15.1. The van der Waals surface area contributed by atoms with Crippen molar-refractivity contribution in [3.05, 3.63) is 29.3 Å². The molecule has 0 aliphatic heterocycles. The molecule has 1 aromatic carbocycles. The first kappa shape index (κ1) is 22.8. The van der Waals surface area contributed by atoms with E-state index >= 15 is 0 Å². The van der Waals surface area contributed by atoms with Crippen LogP contribution in [0.25, 0.3) is 0 Å². The molecule has 0 saturated carbocycles. The van der Waals surface area contributed by atoms with E-state index in [1.807, 2.05) is 20.8 Å². The molecule has 0 heterocycles. The maximum absolute atomic E-state index is 14.0. The summed E-state index contributed by atoms with van der Waals surface area (Å²) in [4.78, 5) is 0. The summed E-state index contributed by atoms with van der Waals surface area (Å²) in [5, 5.41) is -0.147. The molecule has 0 radical (unpaired) electrons. The Morgan fingerprint density at radius 3 is 1.88 bits per heavy atom. The van der Waals surface area contributed by atoms with Gasteiger partial charge in [-0.1, -0.05) is 4.48 Å². The first-order chi connectivity index (χ1) is 12.3. The third-order valence-corrected chi connectivity index (χ3v) is 6.68. The highest BCUT2D eigenvalue weighted by Crippen LogP contribution is 2.27. The van der Waals surface area contributed by atoms with Crippen molar-refractivity contribution in [1.29, 1.82) is 0 Å². The predicted octanol–water partition coefficient (Wildman–Crippen LogP) is 4.76. The molecule has 0 aliphatic rings. The minimum absolute atomic E-state index is 0.147. The van der Waals surface area contributed by atoms with Gasteiger partial charge in [-0.15, -0.1) is 0 Å². The number of unbranched alkanes of at least 4 members (excludes halogenated alkanes) is 1. The molecule has 4 nitrogen and oxygen atoms in total. The molecule has 0 N–H and O–H groups in total. The normalized spacial score (nSPS) is 11.8. The van der Waals surface area contributed by atoms with E-state index in [-0.39, 0.29) is 24.2 Å². The van der Waals surface area contributed by atoms with Crippen LogP contribution in [0, 0.1) is 23.3 Å². The fraction of sp³-hybridized carbons (Fsp3) is 0.625. The van der Waals surface area contributed by atoms with Crippen LogP contribution >= 0.6 is 0 Å². The molecule has 1 aromatic rings. The molecular weight excluding hydrogens is 377 g/mol. The number of rotatable bonds is 12. The predicted molar refractivity (Wildman–Crippen MR) is 89.4 cm³/mol. The topological polar surface area (TPSA) is 30.9 Å². The van der Waals surface area contributed by atoms with Crippen molar-refractivity contribution >= 4 is 14.5 Å². The van der Waals surface area contributed by atoms with E-state index in [1.54, 1.807) is 0 Å². The molecule has 150 valence electrons. The van der Waals surface area contributed by atoms with Gasteiger partial charge in [0, 0.05) is 31.9 Å². The van der Waals surface area contributed by atoms with E-state index in [2.05, 4.69) is 0 Å². The highest BCUT2D eigenvalue weighted by Gasteiger charge is 2.39. The van der Waals surface area contributed by atoms with Crippen LogP contribution in [-0.4, -0.2) is 35.2 Å². The van der Waals surface area contributed by atoms with Crippen LogP contribution in [0.4, 0.5) is 27.7 Å². The molecule has 0 aromatic heterocycles. The number of hydrogen-bond donors (Lipinski definition) is 0. The molecule has 0 unspecified atom stereocenters. The van der Waals surface area contributed by atoms with Crippen LogP contribution in [-0.2, 0) is 13.3 Å². The van der Waals surface area contributed by atoms with Crippen LogP contribution < -0.4 is 5.12 Å². The highest BCUT2D eigenvalue weighted by atomic mass is 28.4. The standard InChI is InChI=1S/C16H24F5NO3Si/c1-4-23-26(24-5-2,25-6-3)10-8-7-9-22(21)13-11-12(17)14(18)16(20)15(13)19/h11H,4-10H2,1-3H3. The Hall–Kier alpha value is -1.23. The van der Waals surface area contributed by atoms with E-state index in [0.717, 1.165) is 0 Å². The van der Waals surface area contributed by atoms with Crippen LogP contribution in [0.1, 0.15) is 33.6 Å². The molecular formula is C16H24F5NO3Si. The molecule has 0 atom stereocenters. The van der Waals surface area contributed by atoms with E-state index in [0.29, 0.717) is 32.3 Å². The third kappa shape index (κ3) is 5.90. The maximum atomic E-state index is 14.0. The Kier molecular flexibility index (Phi) is 9.48. The molecule has 26 heavy (non-hydrogen) atoms. The fourth-order valence-electron chi connectivity index (χ4n) is 2.45. The van der Waals surface area contributed by atoms with Crippen LogP contribution in [0.3, 0.4) is 0 Å². The second-order valence-corrected chi connectivity index (χ2v) is 8.08. The lowest BCUT2D eigenvalue weighted by molar-refractivity contribution is 0.0706. The Morgan fingerprint density at radius 1 is 0.846 bits per heavy atom. The van der Waals surface area contributed by atoms with Crippen molar-refractivity contribution in [3.8, 4) is 0 Å². The van der Waals surface area contributed by atoms with Gasteiger partial charge in [-0.25, -0.2) is 22.7 Å². The van der Waals surface area contributed by atoms with Gasteiger partial charge < -0.3 is 13.3 Å². The molecule has 0 spiro atoms. The van der Waals surface area contributed by atoms with Crippen molar-refractivity contribution in [3.63, 3.8) is 0 Å². The zero-order chi connectivity index (χ0) is 19.7. The van der Waals surface area contributed by atoms with Gasteiger partial charge in [0.2, 0.25) is 0 Å². The van der Waals surface area contributed by atoms with Crippen LogP contribution in [0.5, 0.6) is 0 Å². The van der Waals surface area contributed by atoms with Crippen molar-refractivity contribution in [2.75, 3.05) is 31.5 Å². The van der Waals surface area contributed by atoms with E-state index in [1.165, 1.54) is 0 Å². The molecule has 0 saturated heterocycles. The number of benzene rings is 1. The van der Waals surface area contributed by atoms with Gasteiger partial charge >= 0.3 is 8.80 Å². The average molecular weight is 401 g/mol. The first-order valence-corrected chi connectivity index (χ1v) is 10.4. The second-order valence-electron chi connectivity index (χ2n) is 5.34. The third-order valence-electron chi connectivity index (χ3n) is 3.52. The highest BCUT2D eigenvalue weighted by molar-refractivity contribution is 6.60. The smallest absolute Gasteiger partial charge is 0.374 e. The van der Waals surface area contributed by atoms with Gasteiger partial charge in [0.15, 0.2) is 23.3 Å². The number of hydrogen-bond acceptors (Lipinski definition) is 4. The lowest BCUT2D eigenvalue weighted by Crippen LogP contribution is -2.46. The summed E-state index contributed by atoms with van der Waals surface area (Å²) in [6.07, 6.45) is 0.652. The fourth-order valence-corrected chi connectivity index (χ4v) is 5.14. The molecule has 0 aliphatic carbocycles. The lowest BCUT2D eigenvalue weighted by Gasteiger charge is -2.28. The zero-order valence-corrected chi connectivity index (χ0v) is 16.1. The Labute approximate surface area is 151 Å². The first-order valence-electron chi connectivity index (χ1n) is 8.50. The minimum atomic E-state index is -2.87. The summed E-state index contributed by atoms with van der Waals surface area (Å²) in [5.74, 6) is -7.44.